The second-order valence-corrected chi connectivity index (χ2v) is 6.70. The van der Waals surface area contributed by atoms with Crippen molar-refractivity contribution in [1.82, 2.24) is 15.2 Å². The van der Waals surface area contributed by atoms with Crippen LogP contribution < -0.4 is 9.64 Å². The van der Waals surface area contributed by atoms with Gasteiger partial charge in [-0.05, 0) is 36.4 Å². The van der Waals surface area contributed by atoms with Gasteiger partial charge in [0.05, 0.1) is 11.4 Å². The molecule has 0 radical (unpaired) electrons. The largest absolute Gasteiger partial charge is 0.487 e. The van der Waals surface area contributed by atoms with Crippen LogP contribution >= 0.6 is 11.3 Å². The van der Waals surface area contributed by atoms with Crippen molar-refractivity contribution >= 4 is 28.1 Å². The van der Waals surface area contributed by atoms with E-state index >= 15 is 0 Å². The lowest BCUT2D eigenvalue weighted by Crippen LogP contribution is -2.22. The van der Waals surface area contributed by atoms with E-state index in [-0.39, 0.29) is 5.91 Å². The Kier molecular flexibility index (Phi) is 5.11. The third-order valence-corrected chi connectivity index (χ3v) is 4.78. The normalized spacial score (nSPS) is 10.6. The molecule has 0 fully saturated rings. The monoisotopic (exact) mass is 392 g/mol. The molecule has 140 valence electrons. The number of rotatable bonds is 6. The van der Waals surface area contributed by atoms with Gasteiger partial charge in [-0.25, -0.2) is 4.98 Å². The van der Waals surface area contributed by atoms with E-state index in [2.05, 4.69) is 15.2 Å². The number of carbonyl (C=O) groups is 1. The predicted octanol–water partition coefficient (Wildman–Crippen LogP) is 4.46. The first-order valence-corrected chi connectivity index (χ1v) is 9.38. The van der Waals surface area contributed by atoms with Gasteiger partial charge in [0.25, 0.3) is 0 Å². The quantitative estimate of drug-likeness (QED) is 0.482. The Labute approximate surface area is 165 Å². The van der Waals surface area contributed by atoms with Gasteiger partial charge in [-0.2, -0.15) is 0 Å². The number of thiazole rings is 1. The van der Waals surface area contributed by atoms with Crippen molar-refractivity contribution in [3.63, 3.8) is 0 Å². The number of carbonyl (C=O) groups excluding carboxylic acids is 1. The average molecular weight is 392 g/mol. The zero-order chi connectivity index (χ0) is 19.3. The topological polar surface area (TPSA) is 81.4 Å². The number of amides is 1. The summed E-state index contributed by atoms with van der Waals surface area (Å²) >= 11 is 1.40. The third kappa shape index (κ3) is 3.91. The molecule has 28 heavy (non-hydrogen) atoms. The van der Waals surface area contributed by atoms with Crippen LogP contribution in [0, 0.1) is 0 Å². The highest BCUT2D eigenvalue weighted by Crippen LogP contribution is 2.29. The van der Waals surface area contributed by atoms with E-state index < -0.39 is 0 Å². The van der Waals surface area contributed by atoms with Gasteiger partial charge in [-0.15, -0.1) is 21.5 Å². The van der Waals surface area contributed by atoms with Crippen molar-refractivity contribution in [1.29, 1.82) is 0 Å². The second kappa shape index (κ2) is 8.01. The number of ether oxygens (including phenoxy) is 1. The molecular formula is C20H16N4O3S. The minimum absolute atomic E-state index is 0.0929. The minimum atomic E-state index is -0.0929. The molecule has 0 saturated carbocycles. The van der Waals surface area contributed by atoms with Crippen LogP contribution in [0.4, 0.5) is 10.8 Å². The van der Waals surface area contributed by atoms with Crippen LogP contribution in [0.3, 0.4) is 0 Å². The van der Waals surface area contributed by atoms with E-state index in [4.69, 9.17) is 9.15 Å². The Balaban J connectivity index is 1.44. The summed E-state index contributed by atoms with van der Waals surface area (Å²) in [5, 5.41) is 10.0. The maximum absolute atomic E-state index is 12.1. The van der Waals surface area contributed by atoms with E-state index in [1.807, 2.05) is 60.0 Å². The first kappa shape index (κ1) is 17.9. The van der Waals surface area contributed by atoms with Crippen LogP contribution in [-0.2, 0) is 11.4 Å². The van der Waals surface area contributed by atoms with E-state index in [0.29, 0.717) is 23.4 Å². The number of nitrogens with zero attached hydrogens (tertiary/aromatic N) is 4. The van der Waals surface area contributed by atoms with Gasteiger partial charge < -0.3 is 9.15 Å². The molecule has 4 aromatic rings. The Morgan fingerprint density at radius 3 is 2.61 bits per heavy atom. The van der Waals surface area contributed by atoms with Gasteiger partial charge >= 0.3 is 0 Å². The molecule has 0 spiro atoms. The fourth-order valence-electron chi connectivity index (χ4n) is 2.62. The molecular weight excluding hydrogens is 376 g/mol. The minimum Gasteiger partial charge on any atom is -0.487 e. The molecule has 0 atom stereocenters. The van der Waals surface area contributed by atoms with Gasteiger partial charge in [-0.1, -0.05) is 18.2 Å². The maximum atomic E-state index is 12.1. The Hall–Kier alpha value is -3.52. The molecule has 0 aliphatic rings. The maximum Gasteiger partial charge on any atom is 0.247 e. The molecule has 2 heterocycles. The summed E-state index contributed by atoms with van der Waals surface area (Å²) < 4.78 is 11.0. The molecule has 0 aliphatic heterocycles. The Morgan fingerprint density at radius 1 is 1.14 bits per heavy atom. The van der Waals surface area contributed by atoms with E-state index in [1.54, 1.807) is 4.90 Å². The summed E-state index contributed by atoms with van der Waals surface area (Å²) in [6.07, 6.45) is 1.29. The Morgan fingerprint density at radius 2 is 1.93 bits per heavy atom. The fourth-order valence-corrected chi connectivity index (χ4v) is 3.49. The number of para-hydroxylation sites is 1. The van der Waals surface area contributed by atoms with Crippen molar-refractivity contribution in [3.8, 4) is 17.2 Å². The molecule has 4 rings (SSSR count). The summed E-state index contributed by atoms with van der Waals surface area (Å²) in [6.45, 7) is 1.83. The molecule has 0 saturated heterocycles. The van der Waals surface area contributed by atoms with Crippen LogP contribution in [0.15, 0.2) is 70.8 Å². The molecule has 0 N–H and O–H groups in total. The first-order chi connectivity index (χ1) is 13.7. The predicted molar refractivity (Wildman–Crippen MR) is 105 cm³/mol. The zero-order valence-corrected chi connectivity index (χ0v) is 15.8. The number of hydrogen-bond acceptors (Lipinski definition) is 7. The summed E-state index contributed by atoms with van der Waals surface area (Å²) in [6, 6.07) is 16.8. The number of aromatic nitrogens is 3. The van der Waals surface area contributed by atoms with Crippen molar-refractivity contribution in [2.45, 2.75) is 13.5 Å². The summed E-state index contributed by atoms with van der Waals surface area (Å²) in [5.74, 6) is 1.06. The van der Waals surface area contributed by atoms with Crippen LogP contribution in [0.2, 0.25) is 0 Å². The first-order valence-electron chi connectivity index (χ1n) is 8.50. The molecule has 0 bridgehead atoms. The highest BCUT2D eigenvalue weighted by Gasteiger charge is 2.17. The van der Waals surface area contributed by atoms with E-state index in [9.17, 15) is 4.79 Å². The van der Waals surface area contributed by atoms with Crippen molar-refractivity contribution in [2.75, 3.05) is 4.90 Å². The SMILES string of the molecule is CC(=O)N(c1ccccc1)c1nc(COc2ccc(-c3nnco3)cc2)cs1. The Bertz CT molecular complexity index is 1050. The van der Waals surface area contributed by atoms with Gasteiger partial charge in [0.2, 0.25) is 18.2 Å². The standard InChI is InChI=1S/C20H16N4O3S/c1-14(25)24(17-5-3-2-4-6-17)20-22-16(12-28-20)11-26-18-9-7-15(8-10-18)19-23-21-13-27-19/h2-10,12-13H,11H2,1H3. The summed E-state index contributed by atoms with van der Waals surface area (Å²) in [7, 11) is 0. The van der Waals surface area contributed by atoms with Gasteiger partial charge in [0, 0.05) is 17.9 Å². The lowest BCUT2D eigenvalue weighted by Gasteiger charge is -2.17. The lowest BCUT2D eigenvalue weighted by molar-refractivity contribution is -0.115. The highest BCUT2D eigenvalue weighted by atomic mass is 32.1. The molecule has 2 aromatic carbocycles. The molecule has 2 aromatic heterocycles. The van der Waals surface area contributed by atoms with Crippen LogP contribution in [-0.4, -0.2) is 21.1 Å². The summed E-state index contributed by atoms with van der Waals surface area (Å²) in [5.41, 5.74) is 2.36. The van der Waals surface area contributed by atoms with E-state index in [1.165, 1.54) is 24.7 Å². The lowest BCUT2D eigenvalue weighted by atomic mass is 10.2. The van der Waals surface area contributed by atoms with Crippen LogP contribution in [0.25, 0.3) is 11.5 Å². The van der Waals surface area contributed by atoms with Crippen molar-refractivity contribution in [3.05, 3.63) is 72.1 Å². The molecule has 0 aliphatic carbocycles. The molecule has 1 amide bonds. The second-order valence-electron chi connectivity index (χ2n) is 5.87. The van der Waals surface area contributed by atoms with Gasteiger partial charge in [0.1, 0.15) is 12.4 Å². The van der Waals surface area contributed by atoms with Gasteiger partial charge in [0.15, 0.2) is 5.13 Å². The number of benzene rings is 2. The number of hydrogen-bond donors (Lipinski definition) is 0. The van der Waals surface area contributed by atoms with Gasteiger partial charge in [-0.3, -0.25) is 9.69 Å². The molecule has 8 heteroatoms. The van der Waals surface area contributed by atoms with Crippen LogP contribution in [0.1, 0.15) is 12.6 Å². The fraction of sp³-hybridized carbons (Fsp3) is 0.100. The molecule has 7 nitrogen and oxygen atoms in total. The van der Waals surface area contributed by atoms with E-state index in [0.717, 1.165) is 16.9 Å². The average Bonchev–Trinajstić information content (AvgIpc) is 3.40. The van der Waals surface area contributed by atoms with Crippen molar-refractivity contribution in [2.24, 2.45) is 0 Å². The molecule has 0 unspecified atom stereocenters. The summed E-state index contributed by atoms with van der Waals surface area (Å²) in [4.78, 5) is 18.2. The number of anilines is 2. The smallest absolute Gasteiger partial charge is 0.247 e. The van der Waals surface area contributed by atoms with Crippen molar-refractivity contribution < 1.29 is 13.9 Å². The van der Waals surface area contributed by atoms with Crippen LogP contribution in [0.5, 0.6) is 5.75 Å². The third-order valence-electron chi connectivity index (χ3n) is 3.91. The zero-order valence-electron chi connectivity index (χ0n) is 15.0. The highest BCUT2D eigenvalue weighted by molar-refractivity contribution is 7.14.